The van der Waals surface area contributed by atoms with Gasteiger partial charge in [-0.2, -0.15) is 0 Å². The normalized spacial score (nSPS) is 17.2. The summed E-state index contributed by atoms with van der Waals surface area (Å²) in [6.07, 6.45) is 6.18. The van der Waals surface area contributed by atoms with E-state index in [2.05, 4.69) is 11.2 Å². The fourth-order valence-corrected chi connectivity index (χ4v) is 3.41. The maximum Gasteiger partial charge on any atom is 0.280 e. The van der Waals surface area contributed by atoms with Crippen LogP contribution in [0.15, 0.2) is 28.8 Å². The third-order valence-electron chi connectivity index (χ3n) is 4.54. The smallest absolute Gasteiger partial charge is 0.280 e. The molecule has 0 saturated heterocycles. The first kappa shape index (κ1) is 12.6. The van der Waals surface area contributed by atoms with Crippen molar-refractivity contribution in [2.45, 2.75) is 38.5 Å². The van der Waals surface area contributed by atoms with Gasteiger partial charge in [-0.05, 0) is 37.3 Å². The Labute approximate surface area is 123 Å². The fraction of sp³-hybridized carbons (Fsp3) is 0.412. The lowest BCUT2D eigenvalue weighted by atomic mass is 10.1. The largest absolute Gasteiger partial charge is 0.360 e. The number of anilines is 1. The lowest BCUT2D eigenvalue weighted by Crippen LogP contribution is -2.30. The van der Waals surface area contributed by atoms with Crippen molar-refractivity contribution in [3.63, 3.8) is 0 Å². The van der Waals surface area contributed by atoms with E-state index in [9.17, 15) is 4.79 Å². The van der Waals surface area contributed by atoms with Gasteiger partial charge in [0.15, 0.2) is 5.69 Å². The molecule has 0 atom stereocenters. The van der Waals surface area contributed by atoms with E-state index < -0.39 is 0 Å². The molecule has 4 nitrogen and oxygen atoms in total. The van der Waals surface area contributed by atoms with Crippen LogP contribution in [0.25, 0.3) is 0 Å². The number of aromatic nitrogens is 1. The van der Waals surface area contributed by atoms with Gasteiger partial charge in [0.05, 0.1) is 0 Å². The van der Waals surface area contributed by atoms with Gasteiger partial charge in [-0.15, -0.1) is 0 Å². The van der Waals surface area contributed by atoms with E-state index >= 15 is 0 Å². The first-order valence-corrected chi connectivity index (χ1v) is 7.72. The molecule has 2 aliphatic rings. The summed E-state index contributed by atoms with van der Waals surface area (Å²) in [6, 6.07) is 8.10. The number of hydrogen-bond acceptors (Lipinski definition) is 3. The van der Waals surface area contributed by atoms with Crippen molar-refractivity contribution >= 4 is 11.6 Å². The summed E-state index contributed by atoms with van der Waals surface area (Å²) in [5, 5.41) is 4.09. The van der Waals surface area contributed by atoms with E-state index in [1.54, 1.807) is 0 Å². The Morgan fingerprint density at radius 2 is 1.95 bits per heavy atom. The zero-order valence-corrected chi connectivity index (χ0v) is 12.0. The first-order chi connectivity index (χ1) is 10.3. The number of benzene rings is 1. The number of para-hydroxylation sites is 1. The fourth-order valence-electron chi connectivity index (χ4n) is 3.41. The van der Waals surface area contributed by atoms with E-state index in [1.807, 2.05) is 23.1 Å². The number of hydrogen-bond donors (Lipinski definition) is 0. The molecule has 108 valence electrons. The highest BCUT2D eigenvalue weighted by Gasteiger charge is 2.30. The molecular formula is C17H18N2O2. The van der Waals surface area contributed by atoms with Crippen LogP contribution in [-0.4, -0.2) is 17.6 Å². The molecule has 0 fully saturated rings. The minimum absolute atomic E-state index is 0.00755. The Morgan fingerprint density at radius 1 is 1.10 bits per heavy atom. The summed E-state index contributed by atoms with van der Waals surface area (Å²) in [5.74, 6) is 0.912. The van der Waals surface area contributed by atoms with E-state index in [0.717, 1.165) is 55.7 Å². The molecule has 0 unspecified atom stereocenters. The van der Waals surface area contributed by atoms with Crippen molar-refractivity contribution in [3.8, 4) is 0 Å². The second-order valence-electron chi connectivity index (χ2n) is 5.83. The van der Waals surface area contributed by atoms with Crippen LogP contribution in [0.3, 0.4) is 0 Å². The highest BCUT2D eigenvalue weighted by atomic mass is 16.5. The van der Waals surface area contributed by atoms with Crippen molar-refractivity contribution in [3.05, 3.63) is 46.8 Å². The van der Waals surface area contributed by atoms with Crippen LogP contribution in [0.5, 0.6) is 0 Å². The molecule has 4 heteroatoms. The molecule has 1 amide bonds. The molecular weight excluding hydrogens is 264 g/mol. The van der Waals surface area contributed by atoms with Crippen LogP contribution in [0.1, 0.15) is 46.6 Å². The lowest BCUT2D eigenvalue weighted by Gasteiger charge is -2.16. The van der Waals surface area contributed by atoms with Crippen LogP contribution in [0.4, 0.5) is 5.69 Å². The summed E-state index contributed by atoms with van der Waals surface area (Å²) in [7, 11) is 0. The van der Waals surface area contributed by atoms with Gasteiger partial charge in [0.2, 0.25) is 0 Å². The molecule has 1 aromatic carbocycles. The molecule has 4 rings (SSSR count). The SMILES string of the molecule is O=C(c1noc2c1CCCCC2)N1CCc2ccccc21. The molecule has 2 aromatic rings. The average molecular weight is 282 g/mol. The topological polar surface area (TPSA) is 46.3 Å². The zero-order valence-electron chi connectivity index (χ0n) is 12.0. The van der Waals surface area contributed by atoms with Crippen LogP contribution in [-0.2, 0) is 19.3 Å². The predicted octanol–water partition coefficient (Wildman–Crippen LogP) is 3.15. The van der Waals surface area contributed by atoms with Crippen LogP contribution in [0.2, 0.25) is 0 Å². The van der Waals surface area contributed by atoms with Gasteiger partial charge in [-0.3, -0.25) is 4.79 Å². The maximum absolute atomic E-state index is 12.9. The molecule has 0 bridgehead atoms. The van der Waals surface area contributed by atoms with E-state index in [4.69, 9.17) is 4.52 Å². The predicted molar refractivity (Wildman–Crippen MR) is 79.6 cm³/mol. The summed E-state index contributed by atoms with van der Waals surface area (Å²) in [4.78, 5) is 14.7. The van der Waals surface area contributed by atoms with Gasteiger partial charge in [0.25, 0.3) is 5.91 Å². The third kappa shape index (κ3) is 2.06. The van der Waals surface area contributed by atoms with Gasteiger partial charge in [0, 0.05) is 24.2 Å². The molecule has 0 saturated carbocycles. The number of fused-ring (bicyclic) bond motifs is 2. The number of amides is 1. The highest BCUT2D eigenvalue weighted by Crippen LogP contribution is 2.31. The maximum atomic E-state index is 12.9. The van der Waals surface area contributed by atoms with Crippen molar-refractivity contribution in [2.24, 2.45) is 0 Å². The highest BCUT2D eigenvalue weighted by molar-refractivity contribution is 6.07. The van der Waals surface area contributed by atoms with Gasteiger partial charge in [-0.1, -0.05) is 29.8 Å². The molecule has 21 heavy (non-hydrogen) atoms. The van der Waals surface area contributed by atoms with E-state index in [-0.39, 0.29) is 5.91 Å². The number of carbonyl (C=O) groups is 1. The third-order valence-corrected chi connectivity index (χ3v) is 4.54. The van der Waals surface area contributed by atoms with E-state index in [1.165, 1.54) is 12.0 Å². The molecule has 0 N–H and O–H groups in total. The Hall–Kier alpha value is -2.10. The van der Waals surface area contributed by atoms with Crippen molar-refractivity contribution in [1.29, 1.82) is 0 Å². The Balaban J connectivity index is 1.69. The second-order valence-corrected chi connectivity index (χ2v) is 5.83. The lowest BCUT2D eigenvalue weighted by molar-refractivity contribution is 0.0979. The quantitative estimate of drug-likeness (QED) is 0.755. The monoisotopic (exact) mass is 282 g/mol. The van der Waals surface area contributed by atoms with E-state index in [0.29, 0.717) is 5.69 Å². The molecule has 1 aromatic heterocycles. The Bertz CT molecular complexity index is 690. The minimum atomic E-state index is -0.00755. The summed E-state index contributed by atoms with van der Waals surface area (Å²) in [6.45, 7) is 0.736. The minimum Gasteiger partial charge on any atom is -0.360 e. The van der Waals surface area contributed by atoms with Gasteiger partial charge < -0.3 is 9.42 Å². The summed E-state index contributed by atoms with van der Waals surface area (Å²) in [5.41, 5.74) is 3.83. The summed E-state index contributed by atoms with van der Waals surface area (Å²) < 4.78 is 5.44. The van der Waals surface area contributed by atoms with Crippen molar-refractivity contribution < 1.29 is 9.32 Å². The summed E-state index contributed by atoms with van der Waals surface area (Å²) >= 11 is 0. The van der Waals surface area contributed by atoms with Crippen LogP contribution < -0.4 is 4.90 Å². The van der Waals surface area contributed by atoms with Gasteiger partial charge >= 0.3 is 0 Å². The van der Waals surface area contributed by atoms with Gasteiger partial charge in [-0.25, -0.2) is 0 Å². The van der Waals surface area contributed by atoms with Crippen molar-refractivity contribution in [2.75, 3.05) is 11.4 Å². The average Bonchev–Trinajstić information content (AvgIpc) is 3.05. The standard InChI is InChI=1S/C17H18N2O2/c20-17(19-11-10-12-6-4-5-8-14(12)19)16-13-7-2-1-3-9-15(13)21-18-16/h4-6,8H,1-3,7,9-11H2. The Morgan fingerprint density at radius 3 is 2.90 bits per heavy atom. The molecule has 2 heterocycles. The molecule has 0 radical (unpaired) electrons. The molecule has 0 spiro atoms. The number of nitrogens with zero attached hydrogens (tertiary/aromatic N) is 2. The second kappa shape index (κ2) is 5.02. The Kier molecular flexibility index (Phi) is 3.02. The first-order valence-electron chi connectivity index (χ1n) is 7.72. The molecule has 1 aliphatic heterocycles. The van der Waals surface area contributed by atoms with Crippen molar-refractivity contribution in [1.82, 2.24) is 5.16 Å². The number of carbonyl (C=O) groups excluding carboxylic acids is 1. The zero-order chi connectivity index (χ0) is 14.2. The van der Waals surface area contributed by atoms with Gasteiger partial charge in [0.1, 0.15) is 5.76 Å². The number of rotatable bonds is 1. The van der Waals surface area contributed by atoms with Crippen LogP contribution >= 0.6 is 0 Å². The molecule has 1 aliphatic carbocycles. The number of aryl methyl sites for hydroxylation is 1. The van der Waals surface area contributed by atoms with Crippen LogP contribution in [0, 0.1) is 0 Å².